The van der Waals surface area contributed by atoms with Crippen molar-refractivity contribution >= 4 is 33.6 Å². The summed E-state index contributed by atoms with van der Waals surface area (Å²) in [5.74, 6) is -0.239. The topological polar surface area (TPSA) is 50.3 Å². The van der Waals surface area contributed by atoms with E-state index in [-0.39, 0.29) is 11.8 Å². The number of nitrogens with zero attached hydrogens (tertiary/aromatic N) is 2. The van der Waals surface area contributed by atoms with E-state index in [0.29, 0.717) is 16.9 Å². The number of hydrogen-bond acceptors (Lipinski definition) is 3. The number of benzene rings is 1. The quantitative estimate of drug-likeness (QED) is 0.743. The van der Waals surface area contributed by atoms with Gasteiger partial charge in [0.2, 0.25) is 0 Å². The molecule has 1 aliphatic heterocycles. The molecule has 0 radical (unpaired) electrons. The fourth-order valence-corrected chi connectivity index (χ4v) is 2.75. The third-order valence-electron chi connectivity index (χ3n) is 3.72. The van der Waals surface area contributed by atoms with Gasteiger partial charge in [0.05, 0.1) is 11.1 Å². The number of amides is 2. The van der Waals surface area contributed by atoms with Crippen molar-refractivity contribution in [3.05, 3.63) is 56.7 Å². The van der Waals surface area contributed by atoms with Crippen LogP contribution in [0.1, 0.15) is 37.4 Å². The zero-order chi connectivity index (χ0) is 15.3. The molecule has 2 amide bonds. The van der Waals surface area contributed by atoms with Crippen LogP contribution in [0.2, 0.25) is 0 Å². The summed E-state index contributed by atoms with van der Waals surface area (Å²) in [5.41, 5.74) is 3.52. The fourth-order valence-electron chi connectivity index (χ4n) is 2.53. The second kappa shape index (κ2) is 4.77. The molecular weight excluding hydrogens is 332 g/mol. The van der Waals surface area contributed by atoms with Gasteiger partial charge < -0.3 is 0 Å². The molecular formula is C16H13BrN2O2. The first-order valence-corrected chi connectivity index (χ1v) is 7.32. The van der Waals surface area contributed by atoms with Gasteiger partial charge in [-0.15, -0.1) is 0 Å². The third-order valence-corrected chi connectivity index (χ3v) is 4.55. The van der Waals surface area contributed by atoms with Gasteiger partial charge in [0.1, 0.15) is 5.82 Å². The van der Waals surface area contributed by atoms with Gasteiger partial charge in [-0.3, -0.25) is 9.59 Å². The van der Waals surface area contributed by atoms with Crippen molar-refractivity contribution in [1.82, 2.24) is 4.98 Å². The van der Waals surface area contributed by atoms with Gasteiger partial charge in [0.25, 0.3) is 11.8 Å². The lowest BCUT2D eigenvalue weighted by atomic mass is 9.99. The Morgan fingerprint density at radius 3 is 1.95 bits per heavy atom. The average Bonchev–Trinajstić information content (AvgIpc) is 2.70. The summed E-state index contributed by atoms with van der Waals surface area (Å²) in [6, 6.07) is 5.46. The Labute approximate surface area is 130 Å². The maximum atomic E-state index is 12.6. The van der Waals surface area contributed by atoms with Gasteiger partial charge in [-0.25, -0.2) is 9.88 Å². The molecule has 0 N–H and O–H groups in total. The molecule has 3 rings (SSSR count). The second-order valence-corrected chi connectivity index (χ2v) is 6.04. The minimum atomic E-state index is -0.301. The molecule has 5 heteroatoms. The number of anilines is 1. The molecule has 0 fully saturated rings. The first kappa shape index (κ1) is 13.9. The molecule has 4 nitrogen and oxygen atoms in total. The van der Waals surface area contributed by atoms with Crippen molar-refractivity contribution in [2.24, 2.45) is 0 Å². The molecule has 1 aliphatic rings. The number of pyridine rings is 1. The zero-order valence-corrected chi connectivity index (χ0v) is 13.5. The molecule has 0 unspecified atom stereocenters. The molecule has 0 aliphatic carbocycles. The number of hydrogen-bond donors (Lipinski definition) is 0. The number of aryl methyl sites for hydroxylation is 3. The van der Waals surface area contributed by atoms with E-state index in [1.807, 2.05) is 32.9 Å². The Bertz CT molecular complexity index is 758. The third kappa shape index (κ3) is 2.00. The Balaban J connectivity index is 2.18. The summed E-state index contributed by atoms with van der Waals surface area (Å²) in [6.45, 7) is 5.57. The minimum Gasteiger partial charge on any atom is -0.268 e. The lowest BCUT2D eigenvalue weighted by Gasteiger charge is -2.13. The summed E-state index contributed by atoms with van der Waals surface area (Å²) >= 11 is 3.37. The smallest absolute Gasteiger partial charge is 0.267 e. The van der Waals surface area contributed by atoms with Gasteiger partial charge in [-0.1, -0.05) is 12.1 Å². The summed E-state index contributed by atoms with van der Waals surface area (Å²) < 4.78 is 0.843. The first-order chi connectivity index (χ1) is 9.91. The molecule has 0 bridgehead atoms. The van der Waals surface area contributed by atoms with E-state index in [4.69, 9.17) is 0 Å². The number of fused-ring (bicyclic) bond motifs is 1. The van der Waals surface area contributed by atoms with Crippen LogP contribution in [0.5, 0.6) is 0 Å². The molecule has 0 saturated carbocycles. The van der Waals surface area contributed by atoms with Crippen LogP contribution >= 0.6 is 15.9 Å². The Morgan fingerprint density at radius 1 is 0.952 bits per heavy atom. The van der Waals surface area contributed by atoms with Crippen LogP contribution in [0.15, 0.2) is 28.9 Å². The van der Waals surface area contributed by atoms with E-state index in [2.05, 4.69) is 20.9 Å². The largest absolute Gasteiger partial charge is 0.268 e. The predicted molar refractivity (Wildman–Crippen MR) is 83.7 cm³/mol. The van der Waals surface area contributed by atoms with Crippen LogP contribution < -0.4 is 4.90 Å². The summed E-state index contributed by atoms with van der Waals surface area (Å²) in [5, 5.41) is 0. The predicted octanol–water partition coefficient (Wildman–Crippen LogP) is 3.57. The van der Waals surface area contributed by atoms with Gasteiger partial charge in [0, 0.05) is 10.7 Å². The van der Waals surface area contributed by atoms with E-state index in [9.17, 15) is 9.59 Å². The van der Waals surface area contributed by atoms with Crippen LogP contribution in [0, 0.1) is 20.8 Å². The summed E-state index contributed by atoms with van der Waals surface area (Å²) in [6.07, 6.45) is 1.61. The number of carbonyl (C=O) groups is 2. The van der Waals surface area contributed by atoms with Crippen LogP contribution in [0.25, 0.3) is 0 Å². The van der Waals surface area contributed by atoms with Crippen molar-refractivity contribution in [2.45, 2.75) is 20.8 Å². The maximum absolute atomic E-state index is 12.6. The fraction of sp³-hybridized carbons (Fsp3) is 0.188. The first-order valence-electron chi connectivity index (χ1n) is 6.53. The number of carbonyl (C=O) groups excluding carboxylic acids is 2. The number of aromatic nitrogens is 1. The molecule has 106 valence electrons. The zero-order valence-electron chi connectivity index (χ0n) is 11.9. The standard InChI is InChI=1S/C16H13BrN2O2/c1-8-4-5-9(2)14-13(8)15(20)19(16(14)21)12-6-10(3)11(17)7-18-12/h4-7H,1-3H3. The van der Waals surface area contributed by atoms with Crippen molar-refractivity contribution in [1.29, 1.82) is 0 Å². The average molecular weight is 345 g/mol. The van der Waals surface area contributed by atoms with Gasteiger partial charge >= 0.3 is 0 Å². The van der Waals surface area contributed by atoms with E-state index >= 15 is 0 Å². The van der Waals surface area contributed by atoms with E-state index in [1.54, 1.807) is 12.3 Å². The second-order valence-electron chi connectivity index (χ2n) is 5.19. The lowest BCUT2D eigenvalue weighted by Crippen LogP contribution is -2.30. The number of imide groups is 1. The Hall–Kier alpha value is -2.01. The molecule has 0 saturated heterocycles. The minimum absolute atomic E-state index is 0.301. The monoisotopic (exact) mass is 344 g/mol. The molecule has 2 heterocycles. The van der Waals surface area contributed by atoms with Crippen LogP contribution in [-0.2, 0) is 0 Å². The van der Waals surface area contributed by atoms with E-state index < -0.39 is 0 Å². The van der Waals surface area contributed by atoms with Crippen LogP contribution in [-0.4, -0.2) is 16.8 Å². The molecule has 0 spiro atoms. The van der Waals surface area contributed by atoms with Gasteiger partial charge in [0.15, 0.2) is 0 Å². The van der Waals surface area contributed by atoms with Crippen molar-refractivity contribution in [3.63, 3.8) is 0 Å². The number of rotatable bonds is 1. The highest BCUT2D eigenvalue weighted by Crippen LogP contribution is 2.32. The Morgan fingerprint density at radius 2 is 1.48 bits per heavy atom. The molecule has 1 aromatic heterocycles. The lowest BCUT2D eigenvalue weighted by molar-refractivity contribution is 0.0925. The SMILES string of the molecule is Cc1cc(N2C(=O)c3c(C)ccc(C)c3C2=O)ncc1Br. The Kier molecular flexibility index (Phi) is 3.17. The van der Waals surface area contributed by atoms with Crippen molar-refractivity contribution in [2.75, 3.05) is 4.90 Å². The highest BCUT2D eigenvalue weighted by Gasteiger charge is 2.39. The highest BCUT2D eigenvalue weighted by atomic mass is 79.9. The molecule has 0 atom stereocenters. The van der Waals surface area contributed by atoms with E-state index in [1.165, 1.54) is 0 Å². The normalized spacial score (nSPS) is 13.8. The van der Waals surface area contributed by atoms with Gasteiger partial charge in [-0.2, -0.15) is 0 Å². The van der Waals surface area contributed by atoms with E-state index in [0.717, 1.165) is 26.1 Å². The molecule has 2 aromatic rings. The summed E-state index contributed by atoms with van der Waals surface area (Å²) in [7, 11) is 0. The van der Waals surface area contributed by atoms with Crippen molar-refractivity contribution < 1.29 is 9.59 Å². The highest BCUT2D eigenvalue weighted by molar-refractivity contribution is 9.10. The van der Waals surface area contributed by atoms with Crippen LogP contribution in [0.3, 0.4) is 0 Å². The number of halogens is 1. The van der Waals surface area contributed by atoms with Crippen LogP contribution in [0.4, 0.5) is 5.82 Å². The summed E-state index contributed by atoms with van der Waals surface area (Å²) in [4.78, 5) is 30.6. The molecule has 21 heavy (non-hydrogen) atoms. The van der Waals surface area contributed by atoms with Crippen molar-refractivity contribution in [3.8, 4) is 0 Å². The molecule has 1 aromatic carbocycles. The van der Waals surface area contributed by atoms with Gasteiger partial charge in [-0.05, 0) is 59.5 Å². The maximum Gasteiger partial charge on any atom is 0.267 e.